The first kappa shape index (κ1) is 12.8. The summed E-state index contributed by atoms with van der Waals surface area (Å²) in [4.78, 5) is 14.6. The van der Waals surface area contributed by atoms with Gasteiger partial charge in [-0.3, -0.25) is 10.1 Å². The van der Waals surface area contributed by atoms with Crippen LogP contribution in [-0.2, 0) is 4.74 Å². The molecule has 0 amide bonds. The standard InChI is InChI=1S/C12H17N3O3/c1-8-5-11(15(16)17)12(13-6-8)14-7-10-3-4-18-9(10)2/h5-6,9-10H,3-4,7H2,1-2H3,(H,13,14). The largest absolute Gasteiger partial charge is 0.378 e. The van der Waals surface area contributed by atoms with Crippen LogP contribution in [0.15, 0.2) is 12.3 Å². The first-order valence-corrected chi connectivity index (χ1v) is 6.04. The van der Waals surface area contributed by atoms with E-state index in [1.165, 1.54) is 6.07 Å². The van der Waals surface area contributed by atoms with Gasteiger partial charge in [0.25, 0.3) is 0 Å². The lowest BCUT2D eigenvalue weighted by Crippen LogP contribution is -2.21. The average Bonchev–Trinajstić information content (AvgIpc) is 2.73. The Hall–Kier alpha value is -1.69. The number of aromatic nitrogens is 1. The van der Waals surface area contributed by atoms with Crippen molar-refractivity contribution in [3.8, 4) is 0 Å². The van der Waals surface area contributed by atoms with E-state index in [1.54, 1.807) is 13.1 Å². The lowest BCUT2D eigenvalue weighted by atomic mass is 10.0. The molecule has 2 rings (SSSR count). The molecular weight excluding hydrogens is 234 g/mol. The quantitative estimate of drug-likeness (QED) is 0.655. The maximum absolute atomic E-state index is 10.9. The number of nitrogens with one attached hydrogen (secondary N) is 1. The highest BCUT2D eigenvalue weighted by Gasteiger charge is 2.25. The van der Waals surface area contributed by atoms with E-state index in [1.807, 2.05) is 6.92 Å². The molecule has 0 aromatic carbocycles. The zero-order valence-corrected chi connectivity index (χ0v) is 10.5. The highest BCUT2D eigenvalue weighted by molar-refractivity contribution is 5.56. The molecule has 0 aliphatic carbocycles. The van der Waals surface area contributed by atoms with E-state index in [9.17, 15) is 10.1 Å². The number of aryl methyl sites for hydroxylation is 1. The monoisotopic (exact) mass is 251 g/mol. The van der Waals surface area contributed by atoms with Crippen LogP contribution in [0, 0.1) is 23.0 Å². The second-order valence-corrected chi connectivity index (χ2v) is 4.64. The maximum Gasteiger partial charge on any atom is 0.311 e. The fraction of sp³-hybridized carbons (Fsp3) is 0.583. The summed E-state index contributed by atoms with van der Waals surface area (Å²) in [5.74, 6) is 0.720. The Morgan fingerprint density at radius 2 is 2.44 bits per heavy atom. The van der Waals surface area contributed by atoms with Crippen LogP contribution in [-0.4, -0.2) is 29.2 Å². The van der Waals surface area contributed by atoms with Crippen molar-refractivity contribution in [2.75, 3.05) is 18.5 Å². The number of ether oxygens (including phenoxy) is 1. The molecule has 98 valence electrons. The van der Waals surface area contributed by atoms with Gasteiger partial charge in [-0.2, -0.15) is 0 Å². The van der Waals surface area contributed by atoms with Gasteiger partial charge in [0, 0.05) is 31.3 Å². The molecule has 6 heteroatoms. The molecule has 18 heavy (non-hydrogen) atoms. The van der Waals surface area contributed by atoms with E-state index in [0.717, 1.165) is 18.6 Å². The van der Waals surface area contributed by atoms with Crippen molar-refractivity contribution in [2.24, 2.45) is 5.92 Å². The Morgan fingerprint density at radius 3 is 3.06 bits per heavy atom. The van der Waals surface area contributed by atoms with Crippen LogP contribution in [0.1, 0.15) is 18.9 Å². The topological polar surface area (TPSA) is 77.3 Å². The third-order valence-electron chi connectivity index (χ3n) is 3.27. The zero-order valence-electron chi connectivity index (χ0n) is 10.5. The van der Waals surface area contributed by atoms with E-state index >= 15 is 0 Å². The summed E-state index contributed by atoms with van der Waals surface area (Å²) in [7, 11) is 0. The van der Waals surface area contributed by atoms with Crippen LogP contribution >= 0.6 is 0 Å². The number of rotatable bonds is 4. The number of nitro groups is 1. The van der Waals surface area contributed by atoms with Crippen LogP contribution < -0.4 is 5.32 Å². The lowest BCUT2D eigenvalue weighted by Gasteiger charge is -2.15. The molecule has 0 radical (unpaired) electrons. The number of anilines is 1. The molecule has 0 saturated carbocycles. The van der Waals surface area contributed by atoms with Crippen LogP contribution in [0.2, 0.25) is 0 Å². The van der Waals surface area contributed by atoms with Crippen molar-refractivity contribution in [1.29, 1.82) is 0 Å². The van der Waals surface area contributed by atoms with Gasteiger partial charge in [0.2, 0.25) is 5.82 Å². The molecule has 1 saturated heterocycles. The molecule has 1 aromatic heterocycles. The summed E-state index contributed by atoms with van der Waals surface area (Å²) >= 11 is 0. The maximum atomic E-state index is 10.9. The minimum atomic E-state index is -0.406. The molecule has 1 aliphatic rings. The van der Waals surface area contributed by atoms with E-state index in [2.05, 4.69) is 10.3 Å². The number of hydrogen-bond acceptors (Lipinski definition) is 5. The first-order valence-electron chi connectivity index (χ1n) is 6.04. The van der Waals surface area contributed by atoms with Gasteiger partial charge < -0.3 is 10.1 Å². The summed E-state index contributed by atoms with van der Waals surface area (Å²) in [5.41, 5.74) is 0.811. The normalized spacial score (nSPS) is 23.0. The van der Waals surface area contributed by atoms with Crippen LogP contribution in [0.4, 0.5) is 11.5 Å². The van der Waals surface area contributed by atoms with Gasteiger partial charge in [-0.25, -0.2) is 4.98 Å². The van der Waals surface area contributed by atoms with Gasteiger partial charge in [-0.15, -0.1) is 0 Å². The molecule has 1 aliphatic heterocycles. The SMILES string of the molecule is Cc1cnc(NCC2CCOC2C)c([N+](=O)[O-])c1. The van der Waals surface area contributed by atoms with Crippen LogP contribution in [0.25, 0.3) is 0 Å². The average molecular weight is 251 g/mol. The molecule has 0 bridgehead atoms. The van der Waals surface area contributed by atoms with Crippen molar-refractivity contribution < 1.29 is 9.66 Å². The van der Waals surface area contributed by atoms with Gasteiger partial charge in [-0.1, -0.05) is 0 Å². The Kier molecular flexibility index (Phi) is 3.76. The minimum absolute atomic E-state index is 0.0292. The summed E-state index contributed by atoms with van der Waals surface area (Å²) in [5, 5.41) is 14.0. The summed E-state index contributed by atoms with van der Waals surface area (Å²) in [6, 6.07) is 1.53. The number of hydrogen-bond donors (Lipinski definition) is 1. The van der Waals surface area contributed by atoms with Gasteiger partial charge in [0.05, 0.1) is 11.0 Å². The summed E-state index contributed by atoms with van der Waals surface area (Å²) in [6.45, 7) is 5.22. The molecule has 2 heterocycles. The van der Waals surface area contributed by atoms with E-state index < -0.39 is 4.92 Å². The Labute approximate surface area is 106 Å². The van der Waals surface area contributed by atoms with Crippen molar-refractivity contribution in [2.45, 2.75) is 26.4 Å². The molecule has 2 unspecified atom stereocenters. The van der Waals surface area contributed by atoms with E-state index in [4.69, 9.17) is 4.74 Å². The van der Waals surface area contributed by atoms with E-state index in [0.29, 0.717) is 18.3 Å². The van der Waals surface area contributed by atoms with Crippen molar-refractivity contribution in [3.63, 3.8) is 0 Å². The van der Waals surface area contributed by atoms with Crippen molar-refractivity contribution in [3.05, 3.63) is 27.9 Å². The van der Waals surface area contributed by atoms with Crippen molar-refractivity contribution >= 4 is 11.5 Å². The number of nitrogens with zero attached hydrogens (tertiary/aromatic N) is 2. The van der Waals surface area contributed by atoms with Gasteiger partial charge in [0.15, 0.2) is 0 Å². The predicted molar refractivity (Wildman–Crippen MR) is 67.6 cm³/mol. The third kappa shape index (κ3) is 2.76. The third-order valence-corrected chi connectivity index (χ3v) is 3.27. The highest BCUT2D eigenvalue weighted by atomic mass is 16.6. The van der Waals surface area contributed by atoms with Crippen molar-refractivity contribution in [1.82, 2.24) is 4.98 Å². The summed E-state index contributed by atoms with van der Waals surface area (Å²) in [6.07, 6.45) is 2.81. The lowest BCUT2D eigenvalue weighted by molar-refractivity contribution is -0.384. The fourth-order valence-corrected chi connectivity index (χ4v) is 2.10. The fourth-order valence-electron chi connectivity index (χ4n) is 2.10. The second kappa shape index (κ2) is 5.30. The number of pyridine rings is 1. The molecule has 1 aromatic rings. The zero-order chi connectivity index (χ0) is 13.1. The summed E-state index contributed by atoms with van der Waals surface area (Å²) < 4.78 is 5.46. The smallest absolute Gasteiger partial charge is 0.311 e. The molecule has 2 atom stereocenters. The molecule has 1 fully saturated rings. The van der Waals surface area contributed by atoms with Crippen LogP contribution in [0.3, 0.4) is 0 Å². The first-order chi connectivity index (χ1) is 8.58. The van der Waals surface area contributed by atoms with Gasteiger partial charge in [0.1, 0.15) is 0 Å². The predicted octanol–water partition coefficient (Wildman–Crippen LogP) is 2.14. The second-order valence-electron chi connectivity index (χ2n) is 4.64. The molecular formula is C12H17N3O3. The van der Waals surface area contributed by atoms with Crippen LogP contribution in [0.5, 0.6) is 0 Å². The van der Waals surface area contributed by atoms with Gasteiger partial charge in [-0.05, 0) is 25.8 Å². The molecule has 6 nitrogen and oxygen atoms in total. The minimum Gasteiger partial charge on any atom is -0.378 e. The molecule has 1 N–H and O–H groups in total. The van der Waals surface area contributed by atoms with Gasteiger partial charge >= 0.3 is 5.69 Å². The van der Waals surface area contributed by atoms with E-state index in [-0.39, 0.29) is 11.8 Å². The highest BCUT2D eigenvalue weighted by Crippen LogP contribution is 2.25. The Morgan fingerprint density at radius 1 is 1.67 bits per heavy atom. The molecule has 0 spiro atoms. The Bertz CT molecular complexity index is 450. The Balaban J connectivity index is 2.06.